The quantitative estimate of drug-likeness (QED) is 0.161. The molecule has 0 saturated heterocycles. The van der Waals surface area contributed by atoms with Crippen molar-refractivity contribution in [2.24, 2.45) is 0 Å². The highest BCUT2D eigenvalue weighted by molar-refractivity contribution is 9.12. The molecule has 0 bridgehead atoms. The molecule has 0 saturated carbocycles. The molecule has 0 heterocycles. The number of hydrogen-bond acceptors (Lipinski definition) is 3. The van der Waals surface area contributed by atoms with E-state index in [0.29, 0.717) is 13.2 Å². The highest BCUT2D eigenvalue weighted by Crippen LogP contribution is 2.53. The fraction of sp³-hybridized carbons (Fsp3) is 1.00. The van der Waals surface area contributed by atoms with Crippen LogP contribution in [0.15, 0.2) is 0 Å². The van der Waals surface area contributed by atoms with Crippen LogP contribution < -0.4 is 0 Å². The Labute approximate surface area is 174 Å². The second-order valence-electron chi connectivity index (χ2n) is 5.22. The Balaban J connectivity index is 5.00. The van der Waals surface area contributed by atoms with Crippen LogP contribution in [0.5, 0.6) is 0 Å². The second kappa shape index (κ2) is 15.1. The molecule has 0 N–H and O–H groups in total. The van der Waals surface area contributed by atoms with Gasteiger partial charge >= 0.3 is 7.75 Å². The molecule has 0 aliphatic rings. The Hall–Kier alpha value is 2.03. The summed E-state index contributed by atoms with van der Waals surface area (Å²) in [5, 5.41) is 1.47. The maximum Gasteiger partial charge on any atom is 0.408 e. The Morgan fingerprint density at radius 2 is 1.30 bits per heavy atom. The van der Waals surface area contributed by atoms with E-state index in [-0.39, 0.29) is 9.65 Å². The highest BCUT2D eigenvalue weighted by atomic mass is 79.9. The summed E-state index contributed by atoms with van der Waals surface area (Å²) in [6.07, 6.45) is 4.06. The number of halogens is 4. The normalized spacial score (nSPS) is 17.2. The number of rotatable bonds is 15. The first kappa shape index (κ1) is 25.0. The highest BCUT2D eigenvalue weighted by Gasteiger charge is 2.34. The van der Waals surface area contributed by atoms with E-state index in [1.54, 1.807) is 0 Å². The summed E-state index contributed by atoms with van der Waals surface area (Å²) in [5.74, 6) is 0. The van der Waals surface area contributed by atoms with Crippen molar-refractivity contribution in [2.45, 2.75) is 49.2 Å². The van der Waals surface area contributed by atoms with Crippen molar-refractivity contribution in [1.82, 2.24) is 4.67 Å². The maximum atomic E-state index is 13.4. The zero-order valence-electron chi connectivity index (χ0n) is 13.9. The van der Waals surface area contributed by atoms with Gasteiger partial charge in [0.2, 0.25) is 0 Å². The van der Waals surface area contributed by atoms with Crippen LogP contribution in [0.4, 0.5) is 0 Å². The van der Waals surface area contributed by atoms with Crippen LogP contribution in [0.3, 0.4) is 0 Å². The smallest absolute Gasteiger partial charge is 0.295 e. The van der Waals surface area contributed by atoms with Crippen LogP contribution >= 0.6 is 71.5 Å². The lowest BCUT2D eigenvalue weighted by Gasteiger charge is -2.31. The first-order chi connectivity index (χ1) is 10.9. The van der Waals surface area contributed by atoms with E-state index in [0.717, 1.165) is 49.4 Å². The Morgan fingerprint density at radius 1 is 0.913 bits per heavy atom. The lowest BCUT2D eigenvalue weighted by Crippen LogP contribution is -2.28. The van der Waals surface area contributed by atoms with Crippen LogP contribution in [0, 0.1) is 0 Å². The van der Waals surface area contributed by atoms with Gasteiger partial charge in [-0.15, -0.1) is 0 Å². The molecule has 0 spiro atoms. The van der Waals surface area contributed by atoms with E-state index in [1.807, 2.05) is 4.67 Å². The summed E-state index contributed by atoms with van der Waals surface area (Å²) in [5.41, 5.74) is 0. The topological polar surface area (TPSA) is 38.8 Å². The predicted octanol–water partition coefficient (Wildman–Crippen LogP) is 6.35. The molecule has 140 valence electrons. The van der Waals surface area contributed by atoms with Gasteiger partial charge in [0.25, 0.3) is 0 Å². The third-order valence-electron chi connectivity index (χ3n) is 3.06. The van der Waals surface area contributed by atoms with Crippen molar-refractivity contribution in [2.75, 3.05) is 37.0 Å². The Bertz CT molecular complexity index is 313. The van der Waals surface area contributed by atoms with Gasteiger partial charge in [-0.1, -0.05) is 90.4 Å². The van der Waals surface area contributed by atoms with Crippen molar-refractivity contribution in [1.29, 1.82) is 0 Å². The van der Waals surface area contributed by atoms with Gasteiger partial charge in [-0.05, 0) is 12.8 Å². The first-order valence-corrected chi connectivity index (χ1v) is 13.5. The average Bonchev–Trinajstić information content (AvgIpc) is 2.57. The molecule has 0 radical (unpaired) electrons. The van der Waals surface area contributed by atoms with Crippen LogP contribution in [-0.2, 0) is 13.6 Å². The number of unbranched alkanes of at least 4 members (excludes halogenated alkanes) is 2. The molecule has 4 nitrogen and oxygen atoms in total. The van der Waals surface area contributed by atoms with Gasteiger partial charge < -0.3 is 0 Å². The van der Waals surface area contributed by atoms with Gasteiger partial charge in [-0.2, -0.15) is 0 Å². The third kappa shape index (κ3) is 11.4. The van der Waals surface area contributed by atoms with Gasteiger partial charge in [0.15, 0.2) is 0 Å². The summed E-state index contributed by atoms with van der Waals surface area (Å²) in [6, 6.07) is 0. The lowest BCUT2D eigenvalue weighted by atomic mass is 10.3. The van der Waals surface area contributed by atoms with Gasteiger partial charge in [-0.25, -0.2) is 9.24 Å². The molecular weight excluding hydrogens is 581 g/mol. The third-order valence-corrected chi connectivity index (χ3v) is 9.58. The minimum absolute atomic E-state index is 0.106. The largest absolute Gasteiger partial charge is 0.408 e. The van der Waals surface area contributed by atoms with Crippen molar-refractivity contribution in [3.8, 4) is 0 Å². The van der Waals surface area contributed by atoms with Crippen molar-refractivity contribution < 1.29 is 13.6 Å². The summed E-state index contributed by atoms with van der Waals surface area (Å²) in [4.78, 5) is 0.212. The molecule has 0 amide bonds. The van der Waals surface area contributed by atoms with E-state index in [1.165, 1.54) is 0 Å². The minimum Gasteiger partial charge on any atom is -0.295 e. The standard InChI is InChI=1S/C14H28Br4NO3P/c1-3-5-7-19(8-6-4-2)23(20,21-11-13(17)9-15)22-12-14(18)10-16/h13-14H,3-12H2,1-2H3. The SMILES string of the molecule is CCCCN(CCCC)P(=O)(OCC(Br)CBr)OCC(Br)CBr. The number of alkyl halides is 4. The zero-order valence-corrected chi connectivity index (χ0v) is 21.1. The fourth-order valence-electron chi connectivity index (χ4n) is 1.68. The van der Waals surface area contributed by atoms with Gasteiger partial charge in [0.1, 0.15) is 0 Å². The van der Waals surface area contributed by atoms with Crippen molar-refractivity contribution in [3.05, 3.63) is 0 Å². The molecular formula is C14H28Br4NO3P. The van der Waals surface area contributed by atoms with Crippen molar-refractivity contribution in [3.63, 3.8) is 0 Å². The number of nitrogens with zero attached hydrogens (tertiary/aromatic N) is 1. The maximum absolute atomic E-state index is 13.4. The summed E-state index contributed by atoms with van der Waals surface area (Å²) < 4.78 is 26.8. The molecule has 0 aromatic rings. The van der Waals surface area contributed by atoms with Gasteiger partial charge in [-0.3, -0.25) is 9.05 Å². The molecule has 0 aromatic heterocycles. The first-order valence-electron chi connectivity index (χ1n) is 7.98. The monoisotopic (exact) mass is 605 g/mol. The Kier molecular flexibility index (Phi) is 16.5. The van der Waals surface area contributed by atoms with Crippen LogP contribution in [-0.4, -0.2) is 51.3 Å². The van der Waals surface area contributed by atoms with Gasteiger partial charge in [0, 0.05) is 33.4 Å². The van der Waals surface area contributed by atoms with Crippen molar-refractivity contribution >= 4 is 71.5 Å². The lowest BCUT2D eigenvalue weighted by molar-refractivity contribution is 0.158. The molecule has 0 rings (SSSR count). The summed E-state index contributed by atoms with van der Waals surface area (Å²) in [7, 11) is -3.29. The second-order valence-corrected chi connectivity index (χ2v) is 11.1. The van der Waals surface area contributed by atoms with E-state index < -0.39 is 7.75 Å². The van der Waals surface area contributed by atoms with E-state index in [4.69, 9.17) is 9.05 Å². The van der Waals surface area contributed by atoms with E-state index in [2.05, 4.69) is 77.6 Å². The Morgan fingerprint density at radius 3 is 1.61 bits per heavy atom. The molecule has 0 fully saturated rings. The van der Waals surface area contributed by atoms with Crippen LogP contribution in [0.25, 0.3) is 0 Å². The van der Waals surface area contributed by atoms with Gasteiger partial charge in [0.05, 0.1) is 13.2 Å². The predicted molar refractivity (Wildman–Crippen MR) is 114 cm³/mol. The van der Waals surface area contributed by atoms with E-state index >= 15 is 0 Å². The molecule has 9 heteroatoms. The molecule has 0 aliphatic carbocycles. The molecule has 0 aliphatic heterocycles. The molecule has 23 heavy (non-hydrogen) atoms. The number of hydrogen-bond donors (Lipinski definition) is 0. The molecule has 2 unspecified atom stereocenters. The van der Waals surface area contributed by atoms with Crippen LogP contribution in [0.1, 0.15) is 39.5 Å². The molecule has 0 aromatic carbocycles. The summed E-state index contributed by atoms with van der Waals surface area (Å²) in [6.45, 7) is 6.41. The van der Waals surface area contributed by atoms with Crippen LogP contribution in [0.2, 0.25) is 0 Å². The zero-order chi connectivity index (χ0) is 17.7. The minimum atomic E-state index is -3.29. The van der Waals surface area contributed by atoms with E-state index in [9.17, 15) is 4.57 Å². The molecule has 2 atom stereocenters. The average molecular weight is 609 g/mol. The summed E-state index contributed by atoms with van der Waals surface area (Å²) >= 11 is 13.8. The fourth-order valence-corrected chi connectivity index (χ4v) is 4.64.